The Bertz CT molecular complexity index is 1140. The van der Waals surface area contributed by atoms with E-state index >= 15 is 0 Å². The second-order valence-electron chi connectivity index (χ2n) is 10.0. The number of methoxy groups -OCH3 is 1. The van der Waals surface area contributed by atoms with Crippen LogP contribution in [0.25, 0.3) is 0 Å². The van der Waals surface area contributed by atoms with Crippen LogP contribution in [0.2, 0.25) is 0 Å². The molecule has 1 unspecified atom stereocenters. The number of hydrogen-bond donors (Lipinski definition) is 1. The molecule has 3 atom stereocenters. The fraction of sp³-hybridized carbons (Fsp3) is 0.464. The molecule has 2 aromatic carbocycles. The van der Waals surface area contributed by atoms with Gasteiger partial charge in [0.05, 0.1) is 26.3 Å². The van der Waals surface area contributed by atoms with Crippen molar-refractivity contribution < 1.29 is 23.9 Å². The molecular weight excluding hydrogens is 486 g/mol. The van der Waals surface area contributed by atoms with Crippen molar-refractivity contribution >= 4 is 17.8 Å². The molecule has 3 aliphatic rings. The van der Waals surface area contributed by atoms with E-state index in [-0.39, 0.29) is 37.0 Å². The van der Waals surface area contributed by atoms with Gasteiger partial charge in [-0.25, -0.2) is 14.8 Å². The summed E-state index contributed by atoms with van der Waals surface area (Å²) in [7, 11) is 3.34. The minimum absolute atomic E-state index is 0.0107. The second-order valence-corrected chi connectivity index (χ2v) is 10.0. The van der Waals surface area contributed by atoms with Crippen LogP contribution in [0.1, 0.15) is 24.0 Å². The van der Waals surface area contributed by atoms with Gasteiger partial charge in [-0.2, -0.15) is 0 Å². The number of benzene rings is 2. The van der Waals surface area contributed by atoms with Gasteiger partial charge in [0.2, 0.25) is 11.8 Å². The summed E-state index contributed by atoms with van der Waals surface area (Å²) in [6.45, 7) is 1.71. The molecule has 5 rings (SSSR count). The SMILES string of the molecule is COc1ccc(CNC(=O)N2[C@H]3CN(CC4CCCO4)C(=O)[C@H](Cc4ccccc4)N3C(=O)CN2C)cc1. The molecule has 3 fully saturated rings. The number of fused-ring (bicyclic) bond motifs is 1. The zero-order valence-corrected chi connectivity index (χ0v) is 21.9. The Hall–Kier alpha value is -3.63. The smallest absolute Gasteiger partial charge is 0.334 e. The van der Waals surface area contributed by atoms with Crippen molar-refractivity contribution in [1.82, 2.24) is 25.1 Å². The first-order valence-corrected chi connectivity index (χ1v) is 13.1. The summed E-state index contributed by atoms with van der Waals surface area (Å²) in [5, 5.41) is 6.21. The lowest BCUT2D eigenvalue weighted by molar-refractivity contribution is -0.188. The van der Waals surface area contributed by atoms with Gasteiger partial charge in [0.15, 0.2) is 0 Å². The van der Waals surface area contributed by atoms with E-state index in [0.29, 0.717) is 26.1 Å². The van der Waals surface area contributed by atoms with Crippen molar-refractivity contribution in [3.63, 3.8) is 0 Å². The minimum Gasteiger partial charge on any atom is -0.497 e. The van der Waals surface area contributed by atoms with E-state index in [1.807, 2.05) is 54.6 Å². The highest BCUT2D eigenvalue weighted by atomic mass is 16.5. The molecular formula is C28H35N5O5. The molecule has 1 N–H and O–H groups in total. The van der Waals surface area contributed by atoms with Crippen molar-refractivity contribution in [2.75, 3.05) is 40.4 Å². The fourth-order valence-corrected chi connectivity index (χ4v) is 5.54. The third kappa shape index (κ3) is 5.46. The predicted molar refractivity (Wildman–Crippen MR) is 140 cm³/mol. The highest BCUT2D eigenvalue weighted by Crippen LogP contribution is 2.29. The first kappa shape index (κ1) is 26.0. The van der Waals surface area contributed by atoms with Crippen molar-refractivity contribution in [2.45, 2.75) is 44.1 Å². The monoisotopic (exact) mass is 521 g/mol. The third-order valence-corrected chi connectivity index (χ3v) is 7.47. The van der Waals surface area contributed by atoms with Gasteiger partial charge in [0, 0.05) is 33.2 Å². The molecule has 0 saturated carbocycles. The van der Waals surface area contributed by atoms with Crippen LogP contribution in [-0.2, 0) is 27.3 Å². The Morgan fingerprint density at radius 2 is 1.84 bits per heavy atom. The lowest BCUT2D eigenvalue weighted by atomic mass is 9.98. The Balaban J connectivity index is 1.39. The Labute approximate surface area is 223 Å². The van der Waals surface area contributed by atoms with Gasteiger partial charge < -0.3 is 24.6 Å². The average Bonchev–Trinajstić information content (AvgIpc) is 3.43. The number of hydrogen-bond acceptors (Lipinski definition) is 6. The first-order chi connectivity index (χ1) is 18.4. The van der Waals surface area contributed by atoms with Crippen LogP contribution in [0.4, 0.5) is 4.79 Å². The standard InChI is InChI=1S/C28H35N5O5/c1-30-19-26(34)32-24(15-20-7-4-3-5-8-20)27(35)31(17-23-9-6-14-38-23)18-25(32)33(30)28(36)29-16-21-10-12-22(37-2)13-11-21/h3-5,7-8,10-13,23-25H,6,9,14-19H2,1-2H3,(H,29,36)/t23?,24-,25-/m0/s1. The zero-order valence-electron chi connectivity index (χ0n) is 21.9. The summed E-state index contributed by atoms with van der Waals surface area (Å²) in [6.07, 6.45) is 1.60. The molecule has 0 aromatic heterocycles. The van der Waals surface area contributed by atoms with Crippen molar-refractivity contribution in [1.29, 1.82) is 0 Å². The Kier molecular flexibility index (Phi) is 7.80. The number of hydrazine groups is 1. The van der Waals surface area contributed by atoms with E-state index in [4.69, 9.17) is 9.47 Å². The fourth-order valence-electron chi connectivity index (χ4n) is 5.54. The molecule has 3 heterocycles. The van der Waals surface area contributed by atoms with Gasteiger partial charge in [0.1, 0.15) is 18.0 Å². The summed E-state index contributed by atoms with van der Waals surface area (Å²) < 4.78 is 11.0. The zero-order chi connectivity index (χ0) is 26.6. The highest BCUT2D eigenvalue weighted by Gasteiger charge is 2.51. The maximum atomic E-state index is 13.8. The maximum absolute atomic E-state index is 13.8. The minimum atomic E-state index is -0.698. The van der Waals surface area contributed by atoms with Crippen LogP contribution in [0.5, 0.6) is 5.75 Å². The van der Waals surface area contributed by atoms with Gasteiger partial charge in [-0.05, 0) is 36.1 Å². The molecule has 202 valence electrons. The predicted octanol–water partition coefficient (Wildman–Crippen LogP) is 1.85. The van der Waals surface area contributed by atoms with E-state index in [2.05, 4.69) is 5.32 Å². The van der Waals surface area contributed by atoms with E-state index < -0.39 is 12.2 Å². The molecule has 0 spiro atoms. The number of nitrogens with zero attached hydrogens (tertiary/aromatic N) is 4. The number of likely N-dealkylation sites (N-methyl/N-ethyl adjacent to an activating group) is 1. The molecule has 3 aliphatic heterocycles. The highest BCUT2D eigenvalue weighted by molar-refractivity contribution is 5.91. The van der Waals surface area contributed by atoms with Crippen LogP contribution in [0.15, 0.2) is 54.6 Å². The molecule has 0 bridgehead atoms. The van der Waals surface area contributed by atoms with Crippen molar-refractivity contribution in [2.24, 2.45) is 0 Å². The second kappa shape index (κ2) is 11.4. The number of nitrogens with one attached hydrogen (secondary N) is 1. The molecule has 10 nitrogen and oxygen atoms in total. The van der Waals surface area contributed by atoms with E-state index in [0.717, 1.165) is 29.7 Å². The Morgan fingerprint density at radius 1 is 1.08 bits per heavy atom. The summed E-state index contributed by atoms with van der Waals surface area (Å²) in [5.41, 5.74) is 1.89. The molecule has 38 heavy (non-hydrogen) atoms. The quantitative estimate of drug-likeness (QED) is 0.598. The number of piperazine rings is 1. The maximum Gasteiger partial charge on any atom is 0.334 e. The first-order valence-electron chi connectivity index (χ1n) is 13.1. The topological polar surface area (TPSA) is 94.7 Å². The van der Waals surface area contributed by atoms with Crippen LogP contribution >= 0.6 is 0 Å². The van der Waals surface area contributed by atoms with E-state index in [9.17, 15) is 14.4 Å². The van der Waals surface area contributed by atoms with Crippen molar-refractivity contribution in [3.05, 3.63) is 65.7 Å². The van der Waals surface area contributed by atoms with E-state index in [1.165, 1.54) is 0 Å². The molecule has 10 heteroatoms. The summed E-state index contributed by atoms with van der Waals surface area (Å²) >= 11 is 0. The van der Waals surface area contributed by atoms with Gasteiger partial charge in [-0.15, -0.1) is 0 Å². The molecule has 0 aliphatic carbocycles. The van der Waals surface area contributed by atoms with Gasteiger partial charge in [-0.3, -0.25) is 9.59 Å². The summed E-state index contributed by atoms with van der Waals surface area (Å²) in [5.74, 6) is 0.479. The largest absolute Gasteiger partial charge is 0.497 e. The lowest BCUT2D eigenvalue weighted by Gasteiger charge is -2.54. The number of amides is 4. The van der Waals surface area contributed by atoms with Gasteiger partial charge in [0.25, 0.3) is 0 Å². The van der Waals surface area contributed by atoms with Crippen LogP contribution in [-0.4, -0.2) is 96.4 Å². The lowest BCUT2D eigenvalue weighted by Crippen LogP contribution is -2.76. The third-order valence-electron chi connectivity index (χ3n) is 7.47. The van der Waals surface area contributed by atoms with Crippen LogP contribution in [0, 0.1) is 0 Å². The molecule has 0 radical (unpaired) electrons. The molecule has 3 saturated heterocycles. The number of urea groups is 1. The van der Waals surface area contributed by atoms with Crippen molar-refractivity contribution in [3.8, 4) is 5.75 Å². The number of ether oxygens (including phenoxy) is 2. The number of carbonyl (C=O) groups is 3. The summed E-state index contributed by atoms with van der Waals surface area (Å²) in [4.78, 5) is 44.1. The normalized spacial score (nSPS) is 23.9. The van der Waals surface area contributed by atoms with Crippen LogP contribution < -0.4 is 10.1 Å². The molecule has 2 aromatic rings. The van der Waals surface area contributed by atoms with Gasteiger partial charge in [-0.1, -0.05) is 42.5 Å². The average molecular weight is 522 g/mol. The number of carbonyl (C=O) groups excluding carboxylic acids is 3. The van der Waals surface area contributed by atoms with Gasteiger partial charge >= 0.3 is 6.03 Å². The molecule has 4 amide bonds. The van der Waals surface area contributed by atoms with Crippen LogP contribution in [0.3, 0.4) is 0 Å². The summed E-state index contributed by atoms with van der Waals surface area (Å²) in [6, 6.07) is 16.2. The Morgan fingerprint density at radius 3 is 2.53 bits per heavy atom. The number of rotatable bonds is 7. The van der Waals surface area contributed by atoms with E-state index in [1.54, 1.807) is 34.0 Å².